The zero-order valence-corrected chi connectivity index (χ0v) is 10.2. The molecule has 1 aromatic carbocycles. The zero-order valence-electron chi connectivity index (χ0n) is 8.57. The molecule has 0 heterocycles. The van der Waals surface area contributed by atoms with Crippen molar-refractivity contribution < 1.29 is 9.53 Å². The summed E-state index contributed by atoms with van der Waals surface area (Å²) < 4.78 is 5.06. The third-order valence-corrected chi connectivity index (χ3v) is 3.87. The van der Waals surface area contributed by atoms with Gasteiger partial charge >= 0.3 is 5.97 Å². The van der Waals surface area contributed by atoms with Gasteiger partial charge in [-0.2, -0.15) is 0 Å². The smallest absolute Gasteiger partial charge is 0.310 e. The molecule has 1 aliphatic carbocycles. The number of benzene rings is 1. The largest absolute Gasteiger partial charge is 0.466 e. The first kappa shape index (κ1) is 10.7. The zero-order chi connectivity index (χ0) is 10.8. The van der Waals surface area contributed by atoms with E-state index in [2.05, 4.69) is 28.1 Å². The number of esters is 1. The highest BCUT2D eigenvalue weighted by atomic mass is 79.9. The quantitative estimate of drug-likeness (QED) is 0.609. The topological polar surface area (TPSA) is 26.3 Å². The van der Waals surface area contributed by atoms with Gasteiger partial charge in [0.2, 0.25) is 0 Å². The first-order valence-corrected chi connectivity index (χ1v) is 6.04. The van der Waals surface area contributed by atoms with E-state index in [9.17, 15) is 4.79 Å². The lowest BCUT2D eigenvalue weighted by atomic mass is 10.1. The molecule has 0 aliphatic heterocycles. The van der Waals surface area contributed by atoms with Crippen LogP contribution in [0.3, 0.4) is 0 Å². The molecular formula is C12H13BrO2. The van der Waals surface area contributed by atoms with Gasteiger partial charge in [0.05, 0.1) is 17.4 Å². The molecule has 2 nitrogen and oxygen atoms in total. The van der Waals surface area contributed by atoms with Crippen molar-refractivity contribution in [3.05, 3.63) is 35.4 Å². The van der Waals surface area contributed by atoms with Crippen LogP contribution >= 0.6 is 15.9 Å². The molecule has 0 aromatic heterocycles. The molecule has 0 spiro atoms. The summed E-state index contributed by atoms with van der Waals surface area (Å²) in [7, 11) is 0. The molecule has 2 unspecified atom stereocenters. The molecule has 15 heavy (non-hydrogen) atoms. The molecule has 2 rings (SSSR count). The van der Waals surface area contributed by atoms with Crippen LogP contribution in [0.15, 0.2) is 24.3 Å². The van der Waals surface area contributed by atoms with Gasteiger partial charge in [0.1, 0.15) is 0 Å². The summed E-state index contributed by atoms with van der Waals surface area (Å²) in [5.74, 6) is -0.169. The van der Waals surface area contributed by atoms with Crippen LogP contribution in [0.4, 0.5) is 0 Å². The number of rotatable bonds is 2. The molecule has 80 valence electrons. The third-order valence-electron chi connectivity index (χ3n) is 2.73. The van der Waals surface area contributed by atoms with Crippen LogP contribution in [-0.4, -0.2) is 12.6 Å². The molecule has 2 atom stereocenters. The number of halogens is 1. The molecule has 0 saturated heterocycles. The normalized spacial score (nSPS) is 23.6. The lowest BCUT2D eigenvalue weighted by molar-refractivity contribution is -0.147. The van der Waals surface area contributed by atoms with Gasteiger partial charge in [0.15, 0.2) is 0 Å². The van der Waals surface area contributed by atoms with Crippen molar-refractivity contribution in [1.82, 2.24) is 0 Å². The van der Waals surface area contributed by atoms with E-state index in [1.807, 2.05) is 19.1 Å². The SMILES string of the molecule is CCOC(=O)C1Cc2ccccc2C1Br. The molecule has 1 aromatic rings. The molecule has 1 aliphatic rings. The van der Waals surface area contributed by atoms with Crippen molar-refractivity contribution in [2.24, 2.45) is 5.92 Å². The van der Waals surface area contributed by atoms with Crippen LogP contribution in [0.5, 0.6) is 0 Å². The van der Waals surface area contributed by atoms with Crippen molar-refractivity contribution >= 4 is 21.9 Å². The second-order valence-electron chi connectivity index (χ2n) is 3.66. The van der Waals surface area contributed by atoms with Gasteiger partial charge < -0.3 is 4.74 Å². The monoisotopic (exact) mass is 268 g/mol. The Bertz CT molecular complexity index is 376. The van der Waals surface area contributed by atoms with Gasteiger partial charge in [0, 0.05) is 0 Å². The van der Waals surface area contributed by atoms with E-state index in [-0.39, 0.29) is 16.7 Å². The Hall–Kier alpha value is -0.830. The van der Waals surface area contributed by atoms with Crippen molar-refractivity contribution in [2.45, 2.75) is 18.2 Å². The summed E-state index contributed by atoms with van der Waals surface area (Å²) in [5, 5.41) is 0. The molecule has 0 saturated carbocycles. The molecule has 0 amide bonds. The van der Waals surface area contributed by atoms with Crippen LogP contribution in [-0.2, 0) is 16.0 Å². The minimum atomic E-state index is -0.101. The van der Waals surface area contributed by atoms with Crippen molar-refractivity contribution in [3.63, 3.8) is 0 Å². The Morgan fingerprint density at radius 2 is 2.27 bits per heavy atom. The van der Waals surface area contributed by atoms with E-state index >= 15 is 0 Å². The fourth-order valence-corrected chi connectivity index (χ4v) is 2.85. The van der Waals surface area contributed by atoms with Gasteiger partial charge in [-0.1, -0.05) is 40.2 Å². The summed E-state index contributed by atoms with van der Waals surface area (Å²) in [6.07, 6.45) is 0.783. The minimum Gasteiger partial charge on any atom is -0.466 e. The molecule has 0 bridgehead atoms. The van der Waals surface area contributed by atoms with Crippen molar-refractivity contribution in [1.29, 1.82) is 0 Å². The maximum absolute atomic E-state index is 11.7. The van der Waals surface area contributed by atoms with E-state index in [0.29, 0.717) is 6.61 Å². The summed E-state index contributed by atoms with van der Waals surface area (Å²) in [6.45, 7) is 2.29. The summed E-state index contributed by atoms with van der Waals surface area (Å²) in [6, 6.07) is 8.14. The van der Waals surface area contributed by atoms with E-state index in [4.69, 9.17) is 4.74 Å². The predicted octanol–water partition coefficient (Wildman–Crippen LogP) is 2.86. The van der Waals surface area contributed by atoms with Crippen LogP contribution < -0.4 is 0 Å². The fourth-order valence-electron chi connectivity index (χ4n) is 2.00. The van der Waals surface area contributed by atoms with Crippen molar-refractivity contribution in [2.75, 3.05) is 6.61 Å². The predicted molar refractivity (Wildman–Crippen MR) is 61.9 cm³/mol. The van der Waals surface area contributed by atoms with Gasteiger partial charge in [0.25, 0.3) is 0 Å². The molecule has 0 radical (unpaired) electrons. The van der Waals surface area contributed by atoms with Crippen LogP contribution in [0, 0.1) is 5.92 Å². The molecule has 0 fully saturated rings. The number of hydrogen-bond donors (Lipinski definition) is 0. The second kappa shape index (κ2) is 4.35. The summed E-state index contributed by atoms with van der Waals surface area (Å²) in [5.41, 5.74) is 2.47. The Morgan fingerprint density at radius 1 is 1.53 bits per heavy atom. The maximum atomic E-state index is 11.7. The standard InChI is InChI=1S/C12H13BrO2/c1-2-15-12(14)10-7-8-5-3-4-6-9(8)11(10)13/h3-6,10-11H,2,7H2,1H3. The van der Waals surface area contributed by atoms with Gasteiger partial charge in [-0.25, -0.2) is 0 Å². The average Bonchev–Trinajstić information content (AvgIpc) is 2.57. The number of hydrogen-bond acceptors (Lipinski definition) is 2. The highest BCUT2D eigenvalue weighted by Crippen LogP contribution is 2.42. The lowest BCUT2D eigenvalue weighted by Crippen LogP contribution is -2.19. The Labute approximate surface area is 97.8 Å². The lowest BCUT2D eigenvalue weighted by Gasteiger charge is -2.12. The van der Waals surface area contributed by atoms with E-state index < -0.39 is 0 Å². The fraction of sp³-hybridized carbons (Fsp3) is 0.417. The minimum absolute atomic E-state index is 0.0673. The average molecular weight is 269 g/mol. The third kappa shape index (κ3) is 1.93. The van der Waals surface area contributed by atoms with Crippen LogP contribution in [0.2, 0.25) is 0 Å². The van der Waals surface area contributed by atoms with Gasteiger partial charge in [-0.05, 0) is 24.5 Å². The number of carbonyl (C=O) groups excluding carboxylic acids is 1. The number of alkyl halides is 1. The van der Waals surface area contributed by atoms with Crippen LogP contribution in [0.25, 0.3) is 0 Å². The molecular weight excluding hydrogens is 256 g/mol. The first-order valence-electron chi connectivity index (χ1n) is 5.12. The summed E-state index contributed by atoms with van der Waals surface area (Å²) in [4.78, 5) is 11.8. The number of carbonyl (C=O) groups is 1. The van der Waals surface area contributed by atoms with Gasteiger partial charge in [-0.15, -0.1) is 0 Å². The Kier molecular flexibility index (Phi) is 3.10. The van der Waals surface area contributed by atoms with E-state index in [1.54, 1.807) is 0 Å². The van der Waals surface area contributed by atoms with Gasteiger partial charge in [-0.3, -0.25) is 4.79 Å². The van der Waals surface area contributed by atoms with Crippen LogP contribution in [0.1, 0.15) is 22.9 Å². The number of ether oxygens (including phenoxy) is 1. The van der Waals surface area contributed by atoms with Crippen molar-refractivity contribution in [3.8, 4) is 0 Å². The Balaban J connectivity index is 2.19. The highest BCUT2D eigenvalue weighted by Gasteiger charge is 2.36. The highest BCUT2D eigenvalue weighted by molar-refractivity contribution is 9.09. The second-order valence-corrected chi connectivity index (χ2v) is 4.65. The number of fused-ring (bicyclic) bond motifs is 1. The Morgan fingerprint density at radius 3 is 2.93 bits per heavy atom. The van der Waals surface area contributed by atoms with E-state index in [0.717, 1.165) is 6.42 Å². The maximum Gasteiger partial charge on any atom is 0.310 e. The summed E-state index contributed by atoms with van der Waals surface area (Å²) >= 11 is 3.57. The molecule has 0 N–H and O–H groups in total. The molecule has 3 heteroatoms. The van der Waals surface area contributed by atoms with E-state index in [1.165, 1.54) is 11.1 Å². The first-order chi connectivity index (χ1) is 7.24.